The maximum Gasteiger partial charge on any atom is 0.416 e. The molecular weight excluding hydrogens is 587 g/mol. The van der Waals surface area contributed by atoms with Crippen molar-refractivity contribution in [2.45, 2.75) is 30.7 Å². The Bertz CT molecular complexity index is 1660. The number of halogens is 3. The number of hydrogen-bond acceptors (Lipinski definition) is 8. The van der Waals surface area contributed by atoms with Crippen molar-refractivity contribution in [3.63, 3.8) is 0 Å². The first-order valence-electron chi connectivity index (χ1n) is 13.2. The minimum absolute atomic E-state index is 0.0351. The van der Waals surface area contributed by atoms with Crippen molar-refractivity contribution in [1.82, 2.24) is 10.2 Å². The van der Waals surface area contributed by atoms with Crippen LogP contribution in [0.3, 0.4) is 0 Å². The number of aliphatic carboxylic acids is 1. The van der Waals surface area contributed by atoms with Crippen molar-refractivity contribution in [3.8, 4) is 0 Å². The Balaban J connectivity index is 1.57. The Labute approximate surface area is 247 Å². The molecule has 0 aliphatic carbocycles. The molecule has 14 heteroatoms. The third-order valence-corrected chi connectivity index (χ3v) is 8.05. The van der Waals surface area contributed by atoms with Crippen molar-refractivity contribution >= 4 is 29.4 Å². The summed E-state index contributed by atoms with van der Waals surface area (Å²) in [7, 11) is 1.21. The highest BCUT2D eigenvalue weighted by Crippen LogP contribution is 2.51. The Morgan fingerprint density at radius 2 is 1.66 bits per heavy atom. The molecule has 4 atom stereocenters. The number of rotatable bonds is 8. The van der Waals surface area contributed by atoms with E-state index >= 15 is 0 Å². The molecule has 2 heterocycles. The lowest BCUT2D eigenvalue weighted by Gasteiger charge is -2.31. The van der Waals surface area contributed by atoms with Gasteiger partial charge in [-0.2, -0.15) is 13.2 Å². The highest BCUT2D eigenvalue weighted by Gasteiger charge is 2.68. The summed E-state index contributed by atoms with van der Waals surface area (Å²) in [5, 5.41) is 24.5. The topological polar surface area (TPSA) is 156 Å². The molecule has 2 aliphatic rings. The number of amides is 2. The summed E-state index contributed by atoms with van der Waals surface area (Å²) in [5.41, 5.74) is -2.54. The molecule has 0 bridgehead atoms. The van der Waals surface area contributed by atoms with Gasteiger partial charge in [-0.1, -0.05) is 36.4 Å². The van der Waals surface area contributed by atoms with Crippen LogP contribution in [0, 0.1) is 22.0 Å². The first-order valence-corrected chi connectivity index (χ1v) is 13.2. The highest BCUT2D eigenvalue weighted by atomic mass is 19.4. The summed E-state index contributed by atoms with van der Waals surface area (Å²) in [6.45, 7) is -0.283. The number of benzene rings is 3. The number of alkyl halides is 3. The number of nitro benzene ring substituents is 1. The van der Waals surface area contributed by atoms with E-state index in [0.717, 1.165) is 35.2 Å². The molecule has 0 radical (unpaired) electrons. The van der Waals surface area contributed by atoms with Crippen molar-refractivity contribution in [3.05, 3.63) is 111 Å². The molecule has 11 nitrogen and oxygen atoms in total. The van der Waals surface area contributed by atoms with Crippen LogP contribution >= 0.6 is 0 Å². The first kappa shape index (κ1) is 30.4. The molecule has 2 aliphatic heterocycles. The van der Waals surface area contributed by atoms with E-state index in [-0.39, 0.29) is 28.9 Å². The summed E-state index contributed by atoms with van der Waals surface area (Å²) in [6.07, 6.45) is -5.13. The van der Waals surface area contributed by atoms with E-state index in [0.29, 0.717) is 5.56 Å². The summed E-state index contributed by atoms with van der Waals surface area (Å²) in [6, 6.07) is 13.6. The van der Waals surface area contributed by atoms with Gasteiger partial charge in [0.2, 0.25) is 11.8 Å². The summed E-state index contributed by atoms with van der Waals surface area (Å²) in [5.74, 6) is -6.66. The molecule has 0 spiro atoms. The lowest BCUT2D eigenvalue weighted by molar-refractivity contribution is -0.384. The van der Waals surface area contributed by atoms with Crippen molar-refractivity contribution in [2.24, 2.45) is 11.8 Å². The SMILES string of the molecule is COC(=O)c1ccc(CN2C(=O)C3C(c4cccc(C(F)(F)F)c4)NC(Cc4ccc([N+](=O)[O-])cc4)(C(=O)O)C3C2=O)cc1. The van der Waals surface area contributed by atoms with Crippen LogP contribution in [0.1, 0.15) is 38.7 Å². The maximum atomic E-state index is 13.9. The average molecular weight is 612 g/mol. The second-order valence-corrected chi connectivity index (χ2v) is 10.6. The number of esters is 1. The maximum absolute atomic E-state index is 13.9. The summed E-state index contributed by atoms with van der Waals surface area (Å²) < 4.78 is 45.5. The molecule has 2 N–H and O–H groups in total. The van der Waals surface area contributed by atoms with Crippen LogP contribution in [0.4, 0.5) is 18.9 Å². The Morgan fingerprint density at radius 3 is 2.23 bits per heavy atom. The number of carbonyl (C=O) groups excluding carboxylic acids is 3. The molecule has 3 aromatic rings. The number of nitrogens with zero attached hydrogens (tertiary/aromatic N) is 2. The fourth-order valence-corrected chi connectivity index (χ4v) is 5.95. The van der Waals surface area contributed by atoms with Gasteiger partial charge in [0.05, 0.1) is 41.5 Å². The first-order chi connectivity index (χ1) is 20.8. The van der Waals surface area contributed by atoms with E-state index < -0.39 is 70.3 Å². The normalized spacial score (nSPS) is 23.0. The van der Waals surface area contributed by atoms with E-state index in [1.807, 2.05) is 0 Å². The monoisotopic (exact) mass is 611 g/mol. The summed E-state index contributed by atoms with van der Waals surface area (Å²) >= 11 is 0. The lowest BCUT2D eigenvalue weighted by Crippen LogP contribution is -2.57. The molecule has 4 unspecified atom stereocenters. The van der Waals surface area contributed by atoms with Gasteiger partial charge in [0.15, 0.2) is 0 Å². The van der Waals surface area contributed by atoms with Crippen LogP contribution in [-0.2, 0) is 38.3 Å². The number of fused-ring (bicyclic) bond motifs is 1. The van der Waals surface area contributed by atoms with Gasteiger partial charge in [0.1, 0.15) is 5.54 Å². The predicted octanol–water partition coefficient (Wildman–Crippen LogP) is 3.91. The molecule has 2 fully saturated rings. The fraction of sp³-hybridized carbons (Fsp3) is 0.267. The molecule has 5 rings (SSSR count). The number of ether oxygens (including phenoxy) is 1. The lowest BCUT2D eigenvalue weighted by atomic mass is 9.76. The quantitative estimate of drug-likeness (QED) is 0.167. The van der Waals surface area contributed by atoms with Gasteiger partial charge >= 0.3 is 18.1 Å². The standard InChI is InChI=1S/C30H24F3N3O8/c1-44-27(39)18-9-5-17(6-10-18)15-35-25(37)22-23(26(35)38)29(28(40)41,14-16-7-11-21(12-8-16)36(42)43)34-24(22)19-3-2-4-20(13-19)30(31,32)33/h2-13,22-24,34H,14-15H2,1H3,(H,40,41). The molecule has 3 aromatic carbocycles. The average Bonchev–Trinajstić information content (AvgIpc) is 3.46. The molecular formula is C30H24F3N3O8. The Kier molecular flexibility index (Phi) is 7.72. The molecule has 2 amide bonds. The minimum Gasteiger partial charge on any atom is -0.480 e. The number of methoxy groups -OCH3 is 1. The van der Waals surface area contributed by atoms with Gasteiger partial charge in [-0.15, -0.1) is 0 Å². The number of carboxylic acids is 1. The second kappa shape index (κ2) is 11.2. The van der Waals surface area contributed by atoms with Crippen LogP contribution in [0.25, 0.3) is 0 Å². The fourth-order valence-electron chi connectivity index (χ4n) is 5.95. The third-order valence-electron chi connectivity index (χ3n) is 8.05. The van der Waals surface area contributed by atoms with Crippen molar-refractivity contribution < 1.29 is 47.1 Å². The van der Waals surface area contributed by atoms with Gasteiger partial charge in [0.25, 0.3) is 5.69 Å². The molecule has 0 aromatic heterocycles. The predicted molar refractivity (Wildman–Crippen MR) is 145 cm³/mol. The van der Waals surface area contributed by atoms with Gasteiger partial charge in [-0.05, 0) is 41.0 Å². The van der Waals surface area contributed by atoms with Crippen molar-refractivity contribution in [1.29, 1.82) is 0 Å². The number of carboxylic acid groups (broad SMARTS) is 1. The number of nitro groups is 1. The molecule has 0 saturated carbocycles. The van der Waals surface area contributed by atoms with Crippen LogP contribution in [0.15, 0.2) is 72.8 Å². The van der Waals surface area contributed by atoms with Gasteiger partial charge in [-0.3, -0.25) is 34.7 Å². The van der Waals surface area contributed by atoms with Gasteiger partial charge < -0.3 is 9.84 Å². The zero-order valence-corrected chi connectivity index (χ0v) is 22.9. The Morgan fingerprint density at radius 1 is 1.02 bits per heavy atom. The minimum atomic E-state index is -4.73. The van der Waals surface area contributed by atoms with Crippen LogP contribution in [0.5, 0.6) is 0 Å². The van der Waals surface area contributed by atoms with E-state index in [4.69, 9.17) is 0 Å². The van der Waals surface area contributed by atoms with Gasteiger partial charge in [0, 0.05) is 24.6 Å². The van der Waals surface area contributed by atoms with E-state index in [1.165, 1.54) is 49.6 Å². The Hall–Kier alpha value is -5.11. The summed E-state index contributed by atoms with van der Waals surface area (Å²) in [4.78, 5) is 64.0. The number of nitrogens with one attached hydrogen (secondary N) is 1. The number of carbonyl (C=O) groups is 4. The molecule has 2 saturated heterocycles. The van der Waals surface area contributed by atoms with E-state index in [1.54, 1.807) is 0 Å². The third kappa shape index (κ3) is 5.28. The second-order valence-electron chi connectivity index (χ2n) is 10.6. The number of likely N-dealkylation sites (tertiary alicyclic amines) is 1. The largest absolute Gasteiger partial charge is 0.480 e. The zero-order chi connectivity index (χ0) is 32.0. The number of non-ortho nitro benzene ring substituents is 1. The molecule has 228 valence electrons. The van der Waals surface area contributed by atoms with E-state index in [2.05, 4.69) is 10.1 Å². The number of imide groups is 1. The van der Waals surface area contributed by atoms with Crippen LogP contribution in [0.2, 0.25) is 0 Å². The van der Waals surface area contributed by atoms with Crippen LogP contribution < -0.4 is 5.32 Å². The van der Waals surface area contributed by atoms with Crippen molar-refractivity contribution in [2.75, 3.05) is 7.11 Å². The molecule has 44 heavy (non-hydrogen) atoms. The van der Waals surface area contributed by atoms with Crippen LogP contribution in [-0.4, -0.2) is 51.3 Å². The number of hydrogen-bond donors (Lipinski definition) is 2. The highest BCUT2D eigenvalue weighted by molar-refractivity contribution is 6.09. The smallest absolute Gasteiger partial charge is 0.416 e. The zero-order valence-electron chi connectivity index (χ0n) is 22.9. The van der Waals surface area contributed by atoms with Gasteiger partial charge in [-0.25, -0.2) is 4.79 Å². The van der Waals surface area contributed by atoms with E-state index in [9.17, 15) is 47.6 Å².